The minimum atomic E-state index is 0.133. The van der Waals surface area contributed by atoms with Crippen molar-refractivity contribution in [2.75, 3.05) is 11.9 Å². The van der Waals surface area contributed by atoms with Gasteiger partial charge in [-0.25, -0.2) is 9.97 Å². The van der Waals surface area contributed by atoms with Crippen molar-refractivity contribution >= 4 is 21.7 Å². The van der Waals surface area contributed by atoms with Crippen LogP contribution >= 0.6 is 15.9 Å². The molecule has 4 nitrogen and oxygen atoms in total. The Balaban J connectivity index is 1.81. The van der Waals surface area contributed by atoms with E-state index in [0.717, 1.165) is 23.9 Å². The average molecular weight is 343 g/mol. The summed E-state index contributed by atoms with van der Waals surface area (Å²) in [5.41, 5.74) is 1.81. The fourth-order valence-corrected chi connectivity index (χ4v) is 3.19. The summed E-state index contributed by atoms with van der Waals surface area (Å²) in [6, 6.07) is 10.5. The van der Waals surface area contributed by atoms with Gasteiger partial charge in [0, 0.05) is 28.8 Å². The minimum absolute atomic E-state index is 0.133. The number of anilines is 1. The molecule has 0 radical (unpaired) electrons. The van der Waals surface area contributed by atoms with Crippen LogP contribution in [-0.4, -0.2) is 16.5 Å². The van der Waals surface area contributed by atoms with E-state index in [2.05, 4.69) is 55.5 Å². The summed E-state index contributed by atoms with van der Waals surface area (Å²) in [5, 5.41) is 12.4. The van der Waals surface area contributed by atoms with Crippen molar-refractivity contribution in [3.8, 4) is 6.07 Å². The van der Waals surface area contributed by atoms with Crippen LogP contribution in [0.5, 0.6) is 0 Å². The second-order valence-corrected chi connectivity index (χ2v) is 6.28. The Bertz CT molecular complexity index is 689. The highest BCUT2D eigenvalue weighted by atomic mass is 79.9. The summed E-state index contributed by atoms with van der Waals surface area (Å²) in [5.74, 6) is 0.571. The van der Waals surface area contributed by atoms with Crippen LogP contribution < -0.4 is 5.32 Å². The van der Waals surface area contributed by atoms with Gasteiger partial charge in [0.15, 0.2) is 11.5 Å². The normalized spacial score (nSPS) is 15.8. The molecule has 0 bridgehead atoms. The quantitative estimate of drug-likeness (QED) is 0.921. The second-order valence-electron chi connectivity index (χ2n) is 5.36. The predicted molar refractivity (Wildman–Crippen MR) is 84.9 cm³/mol. The number of nitriles is 1. The molecule has 1 aliphatic rings. The minimum Gasteiger partial charge on any atom is -0.367 e. The van der Waals surface area contributed by atoms with Crippen LogP contribution in [0.4, 0.5) is 5.82 Å². The van der Waals surface area contributed by atoms with Crippen LogP contribution in [0.25, 0.3) is 0 Å². The number of nitrogens with zero attached hydrogens (tertiary/aromatic N) is 3. The first-order chi connectivity index (χ1) is 10.2. The Morgan fingerprint density at radius 3 is 2.76 bits per heavy atom. The number of halogens is 1. The van der Waals surface area contributed by atoms with E-state index < -0.39 is 0 Å². The van der Waals surface area contributed by atoms with Gasteiger partial charge in [0.1, 0.15) is 6.07 Å². The highest BCUT2D eigenvalue weighted by molar-refractivity contribution is 9.10. The molecule has 106 valence electrons. The molecule has 0 aliphatic heterocycles. The molecule has 2 aromatic rings. The maximum Gasteiger partial charge on any atom is 0.182 e. The highest BCUT2D eigenvalue weighted by Crippen LogP contribution is 2.44. The molecule has 0 atom stereocenters. The molecule has 0 amide bonds. The molecule has 1 saturated carbocycles. The summed E-state index contributed by atoms with van der Waals surface area (Å²) in [4.78, 5) is 8.25. The molecule has 0 saturated heterocycles. The highest BCUT2D eigenvalue weighted by Gasteiger charge is 2.38. The van der Waals surface area contributed by atoms with Crippen molar-refractivity contribution in [1.29, 1.82) is 5.26 Å². The zero-order valence-corrected chi connectivity index (χ0v) is 13.1. The van der Waals surface area contributed by atoms with Crippen molar-refractivity contribution < 1.29 is 0 Å². The number of aromatic nitrogens is 2. The molecule has 3 rings (SSSR count). The number of benzene rings is 1. The van der Waals surface area contributed by atoms with Crippen LogP contribution in [0.15, 0.2) is 41.1 Å². The molecule has 5 heteroatoms. The lowest BCUT2D eigenvalue weighted by Gasteiger charge is -2.42. The third-order valence-electron chi connectivity index (χ3n) is 4.15. The van der Waals surface area contributed by atoms with E-state index in [4.69, 9.17) is 5.26 Å². The molecule has 1 aliphatic carbocycles. The predicted octanol–water partition coefficient (Wildman–Crippen LogP) is 3.64. The van der Waals surface area contributed by atoms with E-state index in [9.17, 15) is 0 Å². The van der Waals surface area contributed by atoms with Gasteiger partial charge < -0.3 is 5.32 Å². The van der Waals surface area contributed by atoms with Gasteiger partial charge in [-0.1, -0.05) is 34.5 Å². The Labute approximate surface area is 132 Å². The van der Waals surface area contributed by atoms with E-state index in [1.165, 1.54) is 18.2 Å². The van der Waals surface area contributed by atoms with Crippen molar-refractivity contribution in [2.45, 2.75) is 24.7 Å². The Morgan fingerprint density at radius 2 is 2.10 bits per heavy atom. The van der Waals surface area contributed by atoms with Crippen LogP contribution in [0.3, 0.4) is 0 Å². The Kier molecular flexibility index (Phi) is 3.89. The first kappa shape index (κ1) is 14.0. The average Bonchev–Trinajstić information content (AvgIpc) is 2.47. The lowest BCUT2D eigenvalue weighted by atomic mass is 9.64. The van der Waals surface area contributed by atoms with Gasteiger partial charge in [0.05, 0.1) is 0 Å². The fraction of sp³-hybridized carbons (Fsp3) is 0.312. The van der Waals surface area contributed by atoms with Gasteiger partial charge in [-0.3, -0.25) is 0 Å². The van der Waals surface area contributed by atoms with Gasteiger partial charge in [-0.2, -0.15) is 5.26 Å². The molecule has 1 aromatic heterocycles. The summed E-state index contributed by atoms with van der Waals surface area (Å²) in [6.45, 7) is 0.775. The molecule has 1 fully saturated rings. The topological polar surface area (TPSA) is 61.6 Å². The zero-order chi connectivity index (χ0) is 14.7. The number of hydrogen-bond acceptors (Lipinski definition) is 4. The van der Waals surface area contributed by atoms with Crippen molar-refractivity contribution in [2.24, 2.45) is 0 Å². The van der Waals surface area contributed by atoms with Crippen LogP contribution in [0, 0.1) is 11.3 Å². The smallest absolute Gasteiger partial charge is 0.182 e. The molecule has 0 spiro atoms. The molecular formula is C16H15BrN4. The third-order valence-corrected chi connectivity index (χ3v) is 4.64. The maximum absolute atomic E-state index is 9.07. The second kappa shape index (κ2) is 5.82. The number of rotatable bonds is 4. The van der Waals surface area contributed by atoms with Crippen molar-refractivity contribution in [3.63, 3.8) is 0 Å². The summed E-state index contributed by atoms with van der Waals surface area (Å²) < 4.78 is 1.10. The van der Waals surface area contributed by atoms with Crippen LogP contribution in [0.2, 0.25) is 0 Å². The molecule has 21 heavy (non-hydrogen) atoms. The maximum atomic E-state index is 9.07. The van der Waals surface area contributed by atoms with Crippen LogP contribution in [-0.2, 0) is 5.41 Å². The Morgan fingerprint density at radius 1 is 1.29 bits per heavy atom. The summed E-state index contributed by atoms with van der Waals surface area (Å²) in [7, 11) is 0. The summed E-state index contributed by atoms with van der Waals surface area (Å²) in [6.07, 6.45) is 6.68. The van der Waals surface area contributed by atoms with Crippen LogP contribution in [0.1, 0.15) is 30.5 Å². The first-order valence-corrected chi connectivity index (χ1v) is 7.74. The lowest BCUT2D eigenvalue weighted by Crippen LogP contribution is -2.41. The van der Waals surface area contributed by atoms with Gasteiger partial charge in [-0.15, -0.1) is 0 Å². The van der Waals surface area contributed by atoms with E-state index >= 15 is 0 Å². The van der Waals surface area contributed by atoms with E-state index in [1.807, 2.05) is 6.07 Å². The van der Waals surface area contributed by atoms with Crippen molar-refractivity contribution in [3.05, 3.63) is 52.4 Å². The lowest BCUT2D eigenvalue weighted by molar-refractivity contribution is 0.260. The molecule has 1 heterocycles. The number of nitrogens with one attached hydrogen (secondary N) is 1. The molecule has 1 aromatic carbocycles. The SMILES string of the molecule is N#Cc1nccnc1NCC1(c2cccc(Br)c2)CCC1. The van der Waals surface area contributed by atoms with Gasteiger partial charge in [-0.05, 0) is 30.5 Å². The fourth-order valence-electron chi connectivity index (χ4n) is 2.79. The molecular weight excluding hydrogens is 328 g/mol. The van der Waals surface area contributed by atoms with Gasteiger partial charge in [0.25, 0.3) is 0 Å². The number of hydrogen-bond donors (Lipinski definition) is 1. The zero-order valence-electron chi connectivity index (χ0n) is 11.5. The monoisotopic (exact) mass is 342 g/mol. The Hall–Kier alpha value is -1.93. The van der Waals surface area contributed by atoms with Gasteiger partial charge in [0.2, 0.25) is 0 Å². The van der Waals surface area contributed by atoms with E-state index in [0.29, 0.717) is 11.5 Å². The largest absolute Gasteiger partial charge is 0.367 e. The standard InChI is InChI=1S/C16H15BrN4/c17-13-4-1-3-12(9-13)16(5-2-6-16)11-21-15-14(10-18)19-7-8-20-15/h1,3-4,7-9H,2,5-6,11H2,(H,20,21). The van der Waals surface area contributed by atoms with Gasteiger partial charge >= 0.3 is 0 Å². The summed E-state index contributed by atoms with van der Waals surface area (Å²) >= 11 is 3.54. The van der Waals surface area contributed by atoms with Crippen molar-refractivity contribution in [1.82, 2.24) is 9.97 Å². The van der Waals surface area contributed by atoms with E-state index in [-0.39, 0.29) is 5.41 Å². The third kappa shape index (κ3) is 2.77. The van der Waals surface area contributed by atoms with E-state index in [1.54, 1.807) is 6.20 Å². The first-order valence-electron chi connectivity index (χ1n) is 6.95. The molecule has 0 unspecified atom stereocenters. The molecule has 1 N–H and O–H groups in total.